The fourth-order valence-corrected chi connectivity index (χ4v) is 2.52. The maximum absolute atomic E-state index is 6.01. The highest BCUT2D eigenvalue weighted by molar-refractivity contribution is 5.93. The summed E-state index contributed by atoms with van der Waals surface area (Å²) in [6.45, 7) is 4.31. The van der Waals surface area contributed by atoms with E-state index >= 15 is 0 Å². The Bertz CT molecular complexity index is 969. The van der Waals surface area contributed by atoms with Crippen LogP contribution in [-0.4, -0.2) is 19.6 Å². The molecule has 0 atom stereocenters. The molecule has 0 fully saturated rings. The van der Waals surface area contributed by atoms with E-state index in [0.717, 1.165) is 10.9 Å². The molecular weight excluding hydrogens is 278 g/mol. The molecule has 0 amide bonds. The number of nitrogens with two attached hydrogens (primary N) is 1. The van der Waals surface area contributed by atoms with Crippen molar-refractivity contribution >= 4 is 22.5 Å². The van der Waals surface area contributed by atoms with Crippen molar-refractivity contribution in [1.29, 1.82) is 0 Å². The van der Waals surface area contributed by atoms with Crippen molar-refractivity contribution < 1.29 is 4.42 Å². The molecule has 3 heterocycles. The standard InChI is InChI=1S/C16H15N5O/c1-9(2)10-5-6-12-11(8-10)15-19-14(13-4-3-7-22-13)20-21(15)16(17)18-12/h3-9H,1-2H3,(H2,17,18). The van der Waals surface area contributed by atoms with Crippen LogP contribution in [0.2, 0.25) is 0 Å². The fraction of sp³-hybridized carbons (Fsp3) is 0.188. The van der Waals surface area contributed by atoms with Crippen LogP contribution in [-0.2, 0) is 0 Å². The normalized spacial score (nSPS) is 11.8. The van der Waals surface area contributed by atoms with E-state index in [4.69, 9.17) is 10.2 Å². The van der Waals surface area contributed by atoms with E-state index in [1.54, 1.807) is 16.8 Å². The molecule has 0 radical (unpaired) electrons. The van der Waals surface area contributed by atoms with E-state index in [1.165, 1.54) is 5.56 Å². The Kier molecular flexibility index (Phi) is 2.66. The summed E-state index contributed by atoms with van der Waals surface area (Å²) in [5.74, 6) is 1.84. The third kappa shape index (κ3) is 1.84. The number of aromatic nitrogens is 4. The van der Waals surface area contributed by atoms with Crippen molar-refractivity contribution in [2.75, 3.05) is 5.73 Å². The molecule has 0 saturated heterocycles. The van der Waals surface area contributed by atoms with Crippen molar-refractivity contribution in [2.24, 2.45) is 0 Å². The quantitative estimate of drug-likeness (QED) is 0.613. The second-order valence-corrected chi connectivity index (χ2v) is 5.55. The summed E-state index contributed by atoms with van der Waals surface area (Å²) >= 11 is 0. The summed E-state index contributed by atoms with van der Waals surface area (Å²) < 4.78 is 6.92. The lowest BCUT2D eigenvalue weighted by molar-refractivity contribution is 0.577. The van der Waals surface area contributed by atoms with Crippen molar-refractivity contribution in [1.82, 2.24) is 19.6 Å². The van der Waals surface area contributed by atoms with Gasteiger partial charge in [0, 0.05) is 5.39 Å². The van der Waals surface area contributed by atoms with Gasteiger partial charge in [-0.25, -0.2) is 9.97 Å². The molecule has 2 N–H and O–H groups in total. The van der Waals surface area contributed by atoms with Crippen LogP contribution in [0.15, 0.2) is 41.0 Å². The number of hydrogen-bond donors (Lipinski definition) is 1. The van der Waals surface area contributed by atoms with Crippen LogP contribution in [0.1, 0.15) is 25.3 Å². The summed E-state index contributed by atoms with van der Waals surface area (Å²) in [7, 11) is 0. The molecule has 22 heavy (non-hydrogen) atoms. The van der Waals surface area contributed by atoms with Crippen LogP contribution in [0.5, 0.6) is 0 Å². The molecule has 0 spiro atoms. The van der Waals surface area contributed by atoms with Gasteiger partial charge in [0.2, 0.25) is 11.8 Å². The zero-order valence-electron chi connectivity index (χ0n) is 12.3. The van der Waals surface area contributed by atoms with Gasteiger partial charge in [-0.05, 0) is 35.7 Å². The van der Waals surface area contributed by atoms with Crippen LogP contribution in [0.3, 0.4) is 0 Å². The van der Waals surface area contributed by atoms with E-state index in [0.29, 0.717) is 29.1 Å². The Morgan fingerprint density at radius 2 is 2.05 bits per heavy atom. The second kappa shape index (κ2) is 4.56. The Morgan fingerprint density at radius 1 is 1.18 bits per heavy atom. The lowest BCUT2D eigenvalue weighted by Gasteiger charge is -2.07. The number of rotatable bonds is 2. The van der Waals surface area contributed by atoms with E-state index < -0.39 is 0 Å². The van der Waals surface area contributed by atoms with Gasteiger partial charge in [-0.15, -0.1) is 5.10 Å². The molecular formula is C16H15N5O. The van der Waals surface area contributed by atoms with E-state index in [9.17, 15) is 0 Å². The van der Waals surface area contributed by atoms with Gasteiger partial charge in [0.25, 0.3) is 0 Å². The minimum absolute atomic E-state index is 0.310. The average molecular weight is 293 g/mol. The molecule has 6 heteroatoms. The molecule has 0 aliphatic rings. The van der Waals surface area contributed by atoms with Gasteiger partial charge in [-0.2, -0.15) is 4.52 Å². The predicted molar refractivity (Wildman–Crippen MR) is 84.5 cm³/mol. The first-order valence-electron chi connectivity index (χ1n) is 7.13. The highest BCUT2D eigenvalue weighted by Crippen LogP contribution is 2.26. The molecule has 0 aliphatic carbocycles. The van der Waals surface area contributed by atoms with Gasteiger partial charge in [-0.1, -0.05) is 19.9 Å². The Hall–Kier alpha value is -2.89. The fourth-order valence-electron chi connectivity index (χ4n) is 2.52. The number of hydrogen-bond acceptors (Lipinski definition) is 5. The molecule has 4 rings (SSSR count). The van der Waals surface area contributed by atoms with Crippen LogP contribution < -0.4 is 5.73 Å². The number of anilines is 1. The van der Waals surface area contributed by atoms with Crippen LogP contribution >= 0.6 is 0 Å². The molecule has 0 saturated carbocycles. The smallest absolute Gasteiger partial charge is 0.223 e. The second-order valence-electron chi connectivity index (χ2n) is 5.55. The summed E-state index contributed by atoms with van der Waals surface area (Å²) in [6, 6.07) is 9.77. The third-order valence-electron chi connectivity index (χ3n) is 3.73. The highest BCUT2D eigenvalue weighted by atomic mass is 16.3. The van der Waals surface area contributed by atoms with Crippen LogP contribution in [0.4, 0.5) is 5.95 Å². The Balaban J connectivity index is 2.06. The lowest BCUT2D eigenvalue weighted by Crippen LogP contribution is -2.03. The van der Waals surface area contributed by atoms with E-state index in [-0.39, 0.29) is 0 Å². The molecule has 0 bridgehead atoms. The van der Waals surface area contributed by atoms with Crippen molar-refractivity contribution in [3.63, 3.8) is 0 Å². The molecule has 0 unspecified atom stereocenters. The van der Waals surface area contributed by atoms with E-state index in [2.05, 4.69) is 41.0 Å². The molecule has 4 aromatic rings. The number of nitrogen functional groups attached to an aromatic ring is 1. The van der Waals surface area contributed by atoms with Crippen LogP contribution in [0.25, 0.3) is 28.1 Å². The van der Waals surface area contributed by atoms with Gasteiger partial charge in [0.05, 0.1) is 11.8 Å². The molecule has 3 aromatic heterocycles. The first-order chi connectivity index (χ1) is 10.6. The minimum Gasteiger partial charge on any atom is -0.461 e. The summed E-state index contributed by atoms with van der Waals surface area (Å²) in [6.07, 6.45) is 1.59. The van der Waals surface area contributed by atoms with Crippen molar-refractivity contribution in [3.05, 3.63) is 42.2 Å². The minimum atomic E-state index is 0.310. The van der Waals surface area contributed by atoms with Crippen molar-refractivity contribution in [2.45, 2.75) is 19.8 Å². The highest BCUT2D eigenvalue weighted by Gasteiger charge is 2.15. The molecule has 0 aliphatic heterocycles. The molecule has 1 aromatic carbocycles. The van der Waals surface area contributed by atoms with Gasteiger partial charge in [0.15, 0.2) is 11.4 Å². The van der Waals surface area contributed by atoms with Gasteiger partial charge >= 0.3 is 0 Å². The summed E-state index contributed by atoms with van der Waals surface area (Å²) in [5.41, 5.74) is 8.73. The SMILES string of the molecule is CC(C)c1ccc2nc(N)n3nc(-c4ccco4)nc3c2c1. The third-order valence-corrected chi connectivity index (χ3v) is 3.73. The first-order valence-corrected chi connectivity index (χ1v) is 7.13. The Labute approximate surface area is 126 Å². The topological polar surface area (TPSA) is 82.2 Å². The van der Waals surface area contributed by atoms with E-state index in [1.807, 2.05) is 12.1 Å². The average Bonchev–Trinajstić information content (AvgIpc) is 3.16. The zero-order valence-corrected chi connectivity index (χ0v) is 12.3. The predicted octanol–water partition coefficient (Wildman–Crippen LogP) is 3.24. The van der Waals surface area contributed by atoms with Crippen LogP contribution in [0, 0.1) is 0 Å². The molecule has 110 valence electrons. The summed E-state index contributed by atoms with van der Waals surface area (Å²) in [5, 5.41) is 5.34. The van der Waals surface area contributed by atoms with Gasteiger partial charge in [-0.3, -0.25) is 0 Å². The first kappa shape index (κ1) is 12.8. The van der Waals surface area contributed by atoms with Crippen molar-refractivity contribution in [3.8, 4) is 11.6 Å². The molecule has 6 nitrogen and oxygen atoms in total. The maximum atomic E-state index is 6.01. The monoisotopic (exact) mass is 293 g/mol. The van der Waals surface area contributed by atoms with Gasteiger partial charge in [0.1, 0.15) is 0 Å². The Morgan fingerprint density at radius 3 is 2.77 bits per heavy atom. The maximum Gasteiger partial charge on any atom is 0.223 e. The summed E-state index contributed by atoms with van der Waals surface area (Å²) in [4.78, 5) is 8.99. The number of nitrogens with zero attached hydrogens (tertiary/aromatic N) is 4. The largest absolute Gasteiger partial charge is 0.461 e. The lowest BCUT2D eigenvalue weighted by atomic mass is 10.0. The zero-order chi connectivity index (χ0) is 15.3. The number of benzene rings is 1. The number of furan rings is 1. The van der Waals surface area contributed by atoms with Gasteiger partial charge < -0.3 is 10.2 Å². The number of fused-ring (bicyclic) bond motifs is 3.